The molecule has 26 heavy (non-hydrogen) atoms. The van der Waals surface area contributed by atoms with E-state index >= 15 is 0 Å². The summed E-state index contributed by atoms with van der Waals surface area (Å²) in [5.41, 5.74) is 3.40. The summed E-state index contributed by atoms with van der Waals surface area (Å²) in [5, 5.41) is 9.92. The zero-order chi connectivity index (χ0) is 18.1. The van der Waals surface area contributed by atoms with Crippen LogP contribution in [0.15, 0.2) is 48.5 Å². The van der Waals surface area contributed by atoms with Gasteiger partial charge in [-0.15, -0.1) is 0 Å². The van der Waals surface area contributed by atoms with Gasteiger partial charge in [0.2, 0.25) is 0 Å². The molecule has 0 nitrogen and oxygen atoms in total. The molecule has 0 fully saturated rings. The van der Waals surface area contributed by atoms with Crippen LogP contribution in [0.3, 0.4) is 0 Å². The van der Waals surface area contributed by atoms with E-state index in [1.54, 1.807) is 32.1 Å². The molecule has 0 unspecified atom stereocenters. The Morgan fingerprint density at radius 1 is 0.654 bits per heavy atom. The Hall–Kier alpha value is -1.65. The van der Waals surface area contributed by atoms with Crippen LogP contribution < -0.4 is 20.7 Å². The van der Waals surface area contributed by atoms with Crippen LogP contribution in [0.2, 0.25) is 26.2 Å². The molecule has 1 heterocycles. The maximum atomic E-state index is 2.61. The largest absolute Gasteiger partial charge is 0.113 e. The van der Waals surface area contributed by atoms with Gasteiger partial charge in [0.1, 0.15) is 16.1 Å². The summed E-state index contributed by atoms with van der Waals surface area (Å²) in [5.74, 6) is 0. The number of aryl methyl sites for hydroxylation is 1. The monoisotopic (exact) mass is 372 g/mol. The Morgan fingerprint density at radius 2 is 1.31 bits per heavy atom. The van der Waals surface area contributed by atoms with Gasteiger partial charge < -0.3 is 0 Å². The third-order valence-corrected chi connectivity index (χ3v) is 14.4. The lowest BCUT2D eigenvalue weighted by atomic mass is 9.92. The van der Waals surface area contributed by atoms with E-state index < -0.39 is 16.1 Å². The zero-order valence-electron chi connectivity index (χ0n) is 16.4. The summed E-state index contributed by atoms with van der Waals surface area (Å²) in [6.07, 6.45) is 5.31. The molecule has 3 aromatic carbocycles. The van der Waals surface area contributed by atoms with Crippen molar-refractivity contribution in [1.29, 1.82) is 0 Å². The molecule has 1 aliphatic carbocycles. The molecule has 0 atom stereocenters. The van der Waals surface area contributed by atoms with Crippen LogP contribution in [-0.2, 0) is 12.8 Å². The van der Waals surface area contributed by atoms with Gasteiger partial charge in [0.05, 0.1) is 0 Å². The van der Waals surface area contributed by atoms with E-state index in [0.717, 1.165) is 0 Å². The van der Waals surface area contributed by atoms with Crippen molar-refractivity contribution in [1.82, 2.24) is 0 Å². The fraction of sp³-hybridized carbons (Fsp3) is 0.333. The van der Waals surface area contributed by atoms with Crippen molar-refractivity contribution >= 4 is 47.7 Å². The minimum Gasteiger partial charge on any atom is -0.0624 e. The average molecular weight is 373 g/mol. The quantitative estimate of drug-likeness (QED) is 0.528. The molecule has 0 amide bonds. The summed E-state index contributed by atoms with van der Waals surface area (Å²) in [7, 11) is -3.47. The SMILES string of the molecule is C[Si]1(C)c2ccc3c(c2[Si](C)(C)c2cccc4cccc1c24)CCCC3. The third kappa shape index (κ3) is 2.06. The number of hydrogen-bond donors (Lipinski definition) is 0. The van der Waals surface area contributed by atoms with Crippen molar-refractivity contribution in [3.8, 4) is 0 Å². The summed E-state index contributed by atoms with van der Waals surface area (Å²) < 4.78 is 0. The van der Waals surface area contributed by atoms with Gasteiger partial charge in [-0.3, -0.25) is 0 Å². The molecule has 3 aromatic rings. The van der Waals surface area contributed by atoms with Crippen molar-refractivity contribution in [2.24, 2.45) is 0 Å². The van der Waals surface area contributed by atoms with Crippen LogP contribution >= 0.6 is 0 Å². The van der Waals surface area contributed by atoms with Crippen molar-refractivity contribution in [2.75, 3.05) is 0 Å². The molecular weight excluding hydrogens is 344 g/mol. The molecule has 0 spiro atoms. The highest BCUT2D eigenvalue weighted by Crippen LogP contribution is 2.26. The number of benzene rings is 3. The van der Waals surface area contributed by atoms with Gasteiger partial charge in [-0.25, -0.2) is 0 Å². The van der Waals surface area contributed by atoms with E-state index in [-0.39, 0.29) is 0 Å². The molecule has 5 rings (SSSR count). The lowest BCUT2D eigenvalue weighted by molar-refractivity contribution is 0.688. The normalized spacial score (nSPS) is 19.5. The second-order valence-corrected chi connectivity index (χ2v) is 17.9. The second-order valence-electron chi connectivity index (χ2n) is 9.29. The molecule has 132 valence electrons. The summed E-state index contributed by atoms with van der Waals surface area (Å²) in [6, 6.07) is 19.2. The smallest absolute Gasteiger partial charge is 0.0624 e. The maximum Gasteiger partial charge on any atom is 0.113 e. The van der Waals surface area contributed by atoms with E-state index in [1.165, 1.54) is 31.1 Å². The van der Waals surface area contributed by atoms with Crippen molar-refractivity contribution in [3.05, 3.63) is 59.7 Å². The van der Waals surface area contributed by atoms with Gasteiger partial charge in [0.25, 0.3) is 0 Å². The van der Waals surface area contributed by atoms with Crippen LogP contribution in [0.5, 0.6) is 0 Å². The Labute approximate surface area is 159 Å². The molecule has 0 N–H and O–H groups in total. The number of rotatable bonds is 0. The van der Waals surface area contributed by atoms with Gasteiger partial charge in [-0.2, -0.15) is 0 Å². The van der Waals surface area contributed by atoms with Crippen LogP contribution in [-0.4, -0.2) is 16.1 Å². The predicted molar refractivity (Wildman–Crippen MR) is 121 cm³/mol. The Morgan fingerprint density at radius 3 is 2.04 bits per heavy atom. The zero-order valence-corrected chi connectivity index (χ0v) is 18.4. The maximum absolute atomic E-state index is 2.61. The summed E-state index contributed by atoms with van der Waals surface area (Å²) in [6.45, 7) is 10.4. The molecule has 2 heteroatoms. The Kier molecular flexibility index (Phi) is 3.45. The van der Waals surface area contributed by atoms with E-state index in [2.05, 4.69) is 74.7 Å². The molecule has 0 saturated carbocycles. The van der Waals surface area contributed by atoms with E-state index in [1.807, 2.05) is 5.19 Å². The topological polar surface area (TPSA) is 0 Å². The standard InChI is InChI=1S/C24H28Si2/c1-25(2)20-13-7-10-18-11-8-14-21(23(18)20)26(3,4)24-19-12-6-5-9-17(19)15-16-22(24)25/h7-8,10-11,13-16H,5-6,9,12H2,1-4H3. The number of fused-ring (bicyclic) bond motifs is 3. The molecule has 2 aliphatic rings. The fourth-order valence-corrected chi connectivity index (χ4v) is 14.2. The first kappa shape index (κ1) is 16.5. The van der Waals surface area contributed by atoms with Crippen LogP contribution in [0, 0.1) is 0 Å². The Bertz CT molecular complexity index is 1040. The van der Waals surface area contributed by atoms with E-state index in [4.69, 9.17) is 0 Å². The lowest BCUT2D eigenvalue weighted by Gasteiger charge is -2.34. The summed E-state index contributed by atoms with van der Waals surface area (Å²) in [4.78, 5) is 0. The minimum atomic E-state index is -1.75. The molecule has 1 aliphatic heterocycles. The van der Waals surface area contributed by atoms with Crippen LogP contribution in [0.1, 0.15) is 24.0 Å². The lowest BCUT2D eigenvalue weighted by Crippen LogP contribution is -2.65. The molecule has 0 bridgehead atoms. The first-order valence-corrected chi connectivity index (χ1v) is 16.1. The van der Waals surface area contributed by atoms with Crippen molar-refractivity contribution in [2.45, 2.75) is 51.9 Å². The van der Waals surface area contributed by atoms with Gasteiger partial charge in [0.15, 0.2) is 0 Å². The predicted octanol–water partition coefficient (Wildman–Crippen LogP) is 3.68. The number of hydrogen-bond acceptors (Lipinski definition) is 0. The fourth-order valence-electron chi connectivity index (χ4n) is 5.73. The highest BCUT2D eigenvalue weighted by atomic mass is 28.3. The average Bonchev–Trinajstić information content (AvgIpc) is 2.70. The second kappa shape index (κ2) is 5.43. The van der Waals surface area contributed by atoms with Gasteiger partial charge >= 0.3 is 0 Å². The minimum absolute atomic E-state index is 1.28. The van der Waals surface area contributed by atoms with Gasteiger partial charge in [-0.05, 0) is 58.0 Å². The van der Waals surface area contributed by atoms with Crippen molar-refractivity contribution in [3.63, 3.8) is 0 Å². The highest BCUT2D eigenvalue weighted by Gasteiger charge is 2.43. The Balaban J connectivity index is 1.99. The molecule has 0 aromatic heterocycles. The summed E-state index contributed by atoms with van der Waals surface area (Å²) >= 11 is 0. The van der Waals surface area contributed by atoms with Gasteiger partial charge in [-0.1, -0.05) is 85.1 Å². The first-order chi connectivity index (χ1) is 12.4. The molecule has 0 radical (unpaired) electrons. The van der Waals surface area contributed by atoms with E-state index in [0.29, 0.717) is 0 Å². The highest BCUT2D eigenvalue weighted by molar-refractivity contribution is 7.12. The van der Waals surface area contributed by atoms with Crippen molar-refractivity contribution < 1.29 is 0 Å². The first-order valence-electron chi connectivity index (χ1n) is 10.1. The molecule has 0 saturated heterocycles. The van der Waals surface area contributed by atoms with Crippen LogP contribution in [0.4, 0.5) is 0 Å². The van der Waals surface area contributed by atoms with Gasteiger partial charge in [0, 0.05) is 0 Å². The third-order valence-electron chi connectivity index (χ3n) is 7.08. The van der Waals surface area contributed by atoms with Crippen LogP contribution in [0.25, 0.3) is 10.8 Å². The molecular formula is C24H28Si2. The van der Waals surface area contributed by atoms with E-state index in [9.17, 15) is 0 Å².